The minimum atomic E-state index is 0.310. The smallest absolute Gasteiger partial charge is 0.123 e. The molecule has 0 N–H and O–H groups in total. The highest BCUT2D eigenvalue weighted by Gasteiger charge is 2.16. The SMILES string of the molecule is CCCC(CCC)C(C=O)CC. The zero-order valence-electron chi connectivity index (χ0n) is 8.68. The van der Waals surface area contributed by atoms with Gasteiger partial charge >= 0.3 is 0 Å². The maximum Gasteiger partial charge on any atom is 0.123 e. The van der Waals surface area contributed by atoms with Gasteiger partial charge in [-0.05, 0) is 12.3 Å². The number of carbonyl (C=O) groups is 1. The number of aldehydes is 1. The van der Waals surface area contributed by atoms with Crippen molar-refractivity contribution in [1.82, 2.24) is 0 Å². The second-order valence-electron chi connectivity index (χ2n) is 3.55. The van der Waals surface area contributed by atoms with Gasteiger partial charge in [-0.15, -0.1) is 0 Å². The summed E-state index contributed by atoms with van der Waals surface area (Å²) in [5, 5.41) is 0. The normalized spacial score (nSPS) is 13.3. The fraction of sp³-hybridized carbons (Fsp3) is 0.909. The molecule has 0 aromatic carbocycles. The average molecular weight is 170 g/mol. The van der Waals surface area contributed by atoms with E-state index < -0.39 is 0 Å². The average Bonchev–Trinajstić information content (AvgIpc) is 2.07. The molecule has 1 atom stereocenters. The van der Waals surface area contributed by atoms with E-state index in [1.54, 1.807) is 0 Å². The summed E-state index contributed by atoms with van der Waals surface area (Å²) < 4.78 is 0. The van der Waals surface area contributed by atoms with Crippen molar-refractivity contribution in [2.45, 2.75) is 52.9 Å². The van der Waals surface area contributed by atoms with Crippen LogP contribution in [0.15, 0.2) is 0 Å². The van der Waals surface area contributed by atoms with Gasteiger partial charge < -0.3 is 4.79 Å². The van der Waals surface area contributed by atoms with E-state index in [0.29, 0.717) is 11.8 Å². The van der Waals surface area contributed by atoms with E-state index in [2.05, 4.69) is 20.8 Å². The third kappa shape index (κ3) is 3.89. The van der Waals surface area contributed by atoms with E-state index in [9.17, 15) is 4.79 Å². The van der Waals surface area contributed by atoms with Crippen LogP contribution < -0.4 is 0 Å². The lowest BCUT2D eigenvalue weighted by Gasteiger charge is -2.20. The van der Waals surface area contributed by atoms with Crippen LogP contribution in [-0.2, 0) is 4.79 Å². The third-order valence-electron chi connectivity index (χ3n) is 2.57. The van der Waals surface area contributed by atoms with Crippen molar-refractivity contribution < 1.29 is 4.79 Å². The summed E-state index contributed by atoms with van der Waals surface area (Å²) in [5.74, 6) is 0.951. The molecule has 12 heavy (non-hydrogen) atoms. The van der Waals surface area contributed by atoms with Gasteiger partial charge in [-0.25, -0.2) is 0 Å². The minimum Gasteiger partial charge on any atom is -0.303 e. The van der Waals surface area contributed by atoms with Crippen molar-refractivity contribution in [3.05, 3.63) is 0 Å². The van der Waals surface area contributed by atoms with Crippen molar-refractivity contribution in [2.75, 3.05) is 0 Å². The van der Waals surface area contributed by atoms with Gasteiger partial charge in [0.05, 0.1) is 0 Å². The van der Waals surface area contributed by atoms with E-state index >= 15 is 0 Å². The molecule has 0 aliphatic heterocycles. The van der Waals surface area contributed by atoms with Gasteiger partial charge in [0.15, 0.2) is 0 Å². The van der Waals surface area contributed by atoms with E-state index in [1.165, 1.54) is 25.7 Å². The lowest BCUT2D eigenvalue weighted by Crippen LogP contribution is -2.15. The van der Waals surface area contributed by atoms with Crippen molar-refractivity contribution in [3.8, 4) is 0 Å². The van der Waals surface area contributed by atoms with E-state index in [-0.39, 0.29) is 0 Å². The van der Waals surface area contributed by atoms with Gasteiger partial charge in [-0.2, -0.15) is 0 Å². The monoisotopic (exact) mass is 170 g/mol. The van der Waals surface area contributed by atoms with Crippen molar-refractivity contribution in [2.24, 2.45) is 11.8 Å². The summed E-state index contributed by atoms with van der Waals surface area (Å²) in [6, 6.07) is 0. The molecule has 1 heteroatoms. The molecule has 1 unspecified atom stereocenters. The summed E-state index contributed by atoms with van der Waals surface area (Å²) in [7, 11) is 0. The van der Waals surface area contributed by atoms with Crippen LogP contribution in [0.2, 0.25) is 0 Å². The number of carbonyl (C=O) groups excluding carboxylic acids is 1. The Balaban J connectivity index is 3.94. The molecule has 0 saturated heterocycles. The highest BCUT2D eigenvalue weighted by molar-refractivity contribution is 5.53. The molecule has 0 rings (SSSR count). The van der Waals surface area contributed by atoms with Gasteiger partial charge in [0.25, 0.3) is 0 Å². The predicted octanol–water partition coefficient (Wildman–Crippen LogP) is 3.43. The first-order chi connectivity index (χ1) is 5.79. The second-order valence-corrected chi connectivity index (χ2v) is 3.55. The molecule has 72 valence electrons. The lowest BCUT2D eigenvalue weighted by atomic mass is 9.84. The molecule has 0 amide bonds. The second kappa shape index (κ2) is 7.33. The standard InChI is InChI=1S/C11H22O/c1-4-7-11(8-5-2)10(6-3)9-12/h9-11H,4-8H2,1-3H3. The number of rotatable bonds is 7. The summed E-state index contributed by atoms with van der Waals surface area (Å²) in [6.07, 6.45) is 6.99. The zero-order chi connectivity index (χ0) is 9.40. The van der Waals surface area contributed by atoms with E-state index in [0.717, 1.165) is 12.7 Å². The molecule has 0 bridgehead atoms. The molecule has 0 spiro atoms. The van der Waals surface area contributed by atoms with Crippen molar-refractivity contribution in [3.63, 3.8) is 0 Å². The first-order valence-electron chi connectivity index (χ1n) is 5.25. The van der Waals surface area contributed by atoms with Crippen molar-refractivity contribution >= 4 is 6.29 Å². The molecule has 0 fully saturated rings. The molecule has 0 radical (unpaired) electrons. The van der Waals surface area contributed by atoms with Crippen LogP contribution in [0.4, 0.5) is 0 Å². The Bertz CT molecular complexity index is 104. The van der Waals surface area contributed by atoms with Crippen LogP contribution >= 0.6 is 0 Å². The van der Waals surface area contributed by atoms with Gasteiger partial charge in [0.2, 0.25) is 0 Å². The maximum absolute atomic E-state index is 10.7. The molecule has 1 nitrogen and oxygen atoms in total. The van der Waals surface area contributed by atoms with Crippen LogP contribution in [0.3, 0.4) is 0 Å². The minimum absolute atomic E-state index is 0.310. The van der Waals surface area contributed by atoms with E-state index in [4.69, 9.17) is 0 Å². The topological polar surface area (TPSA) is 17.1 Å². The first kappa shape index (κ1) is 11.7. The molecule has 0 aliphatic rings. The Morgan fingerprint density at radius 1 is 1.08 bits per heavy atom. The quantitative estimate of drug-likeness (QED) is 0.535. The van der Waals surface area contributed by atoms with Crippen LogP contribution in [0.5, 0.6) is 0 Å². The van der Waals surface area contributed by atoms with Crippen LogP contribution in [0, 0.1) is 11.8 Å². The van der Waals surface area contributed by atoms with Gasteiger partial charge in [0, 0.05) is 5.92 Å². The molecule has 0 saturated carbocycles. The fourth-order valence-corrected chi connectivity index (χ4v) is 1.85. The van der Waals surface area contributed by atoms with E-state index in [1.807, 2.05) is 0 Å². The highest BCUT2D eigenvalue weighted by Crippen LogP contribution is 2.23. The molecule has 0 aromatic heterocycles. The summed E-state index contributed by atoms with van der Waals surface area (Å²) in [6.45, 7) is 6.50. The third-order valence-corrected chi connectivity index (χ3v) is 2.57. The highest BCUT2D eigenvalue weighted by atomic mass is 16.1. The molecule has 0 heterocycles. The predicted molar refractivity (Wildman–Crippen MR) is 53.2 cm³/mol. The largest absolute Gasteiger partial charge is 0.303 e. The Hall–Kier alpha value is -0.330. The molecule has 0 aromatic rings. The lowest BCUT2D eigenvalue weighted by molar-refractivity contribution is -0.112. The molecular formula is C11H22O. The Morgan fingerprint density at radius 2 is 1.58 bits per heavy atom. The van der Waals surface area contributed by atoms with Crippen LogP contribution in [0.1, 0.15) is 52.9 Å². The number of hydrogen-bond donors (Lipinski definition) is 0. The molecular weight excluding hydrogens is 148 g/mol. The summed E-state index contributed by atoms with van der Waals surface area (Å²) in [4.78, 5) is 10.7. The first-order valence-corrected chi connectivity index (χ1v) is 5.25. The Morgan fingerprint density at radius 3 is 1.83 bits per heavy atom. The van der Waals surface area contributed by atoms with Crippen LogP contribution in [0.25, 0.3) is 0 Å². The number of hydrogen-bond acceptors (Lipinski definition) is 1. The summed E-state index contributed by atoms with van der Waals surface area (Å²) in [5.41, 5.74) is 0. The molecule has 0 aliphatic carbocycles. The Kier molecular flexibility index (Phi) is 7.12. The Labute approximate surface area is 76.6 Å². The van der Waals surface area contributed by atoms with Gasteiger partial charge in [-0.3, -0.25) is 0 Å². The van der Waals surface area contributed by atoms with Gasteiger partial charge in [-0.1, -0.05) is 46.5 Å². The van der Waals surface area contributed by atoms with Crippen LogP contribution in [-0.4, -0.2) is 6.29 Å². The fourth-order valence-electron chi connectivity index (χ4n) is 1.85. The zero-order valence-corrected chi connectivity index (χ0v) is 8.68. The van der Waals surface area contributed by atoms with Gasteiger partial charge in [0.1, 0.15) is 6.29 Å². The maximum atomic E-state index is 10.7. The van der Waals surface area contributed by atoms with Crippen molar-refractivity contribution in [1.29, 1.82) is 0 Å². The summed E-state index contributed by atoms with van der Waals surface area (Å²) >= 11 is 0.